The number of hydrogen-bond donors (Lipinski definition) is 1. The summed E-state index contributed by atoms with van der Waals surface area (Å²) in [6.07, 6.45) is 10.2. The molecule has 30 heavy (non-hydrogen) atoms. The van der Waals surface area contributed by atoms with Gasteiger partial charge in [0.1, 0.15) is 6.04 Å². The zero-order chi connectivity index (χ0) is 21.3. The number of nitrogens with zero attached hydrogens (tertiary/aromatic N) is 2. The quantitative estimate of drug-likeness (QED) is 0.803. The summed E-state index contributed by atoms with van der Waals surface area (Å²) in [7, 11) is 0. The van der Waals surface area contributed by atoms with Gasteiger partial charge in [0.2, 0.25) is 5.91 Å². The third kappa shape index (κ3) is 4.42. The Bertz CT molecular complexity index is 801. The van der Waals surface area contributed by atoms with Gasteiger partial charge in [-0.05, 0) is 104 Å². The summed E-state index contributed by atoms with van der Waals surface area (Å²) >= 11 is 0. The molecule has 4 heteroatoms. The highest BCUT2D eigenvalue weighted by molar-refractivity contribution is 5.79. The fraction of sp³-hybridized carbons (Fsp3) is 0.692. The summed E-state index contributed by atoms with van der Waals surface area (Å²) in [6, 6.07) is 4.84. The van der Waals surface area contributed by atoms with E-state index >= 15 is 0 Å². The number of hydrogen-bond acceptors (Lipinski definition) is 3. The van der Waals surface area contributed by atoms with E-state index in [1.807, 2.05) is 0 Å². The summed E-state index contributed by atoms with van der Waals surface area (Å²) in [6.45, 7) is 8.04. The van der Waals surface area contributed by atoms with Gasteiger partial charge in [0.05, 0.1) is 12.6 Å². The number of carbonyl (C=O) groups is 1. The first-order valence-electron chi connectivity index (χ1n) is 12.0. The van der Waals surface area contributed by atoms with Crippen LogP contribution in [-0.4, -0.2) is 36.0 Å². The monoisotopic (exact) mass is 407 g/mol. The van der Waals surface area contributed by atoms with Gasteiger partial charge in [-0.1, -0.05) is 19.9 Å². The Kier molecular flexibility index (Phi) is 6.48. The van der Waals surface area contributed by atoms with Crippen LogP contribution >= 0.6 is 0 Å². The molecule has 4 rings (SSSR count). The molecule has 0 radical (unpaired) electrons. The van der Waals surface area contributed by atoms with Gasteiger partial charge in [0.25, 0.3) is 0 Å². The lowest BCUT2D eigenvalue weighted by Crippen LogP contribution is -2.43. The van der Waals surface area contributed by atoms with E-state index in [1.165, 1.54) is 38.5 Å². The second-order valence-electron chi connectivity index (χ2n) is 10.2. The number of benzene rings is 1. The van der Waals surface area contributed by atoms with Crippen molar-refractivity contribution in [2.24, 2.45) is 11.8 Å². The largest absolute Gasteiger partial charge is 0.326 e. The second kappa shape index (κ2) is 9.10. The van der Waals surface area contributed by atoms with E-state index in [4.69, 9.17) is 0 Å². The molecule has 1 saturated heterocycles. The van der Waals surface area contributed by atoms with E-state index in [1.54, 1.807) is 32.7 Å². The molecule has 1 aromatic carbocycles. The molecule has 0 spiro atoms. The molecule has 1 amide bonds. The lowest BCUT2D eigenvalue weighted by atomic mass is 9.74. The van der Waals surface area contributed by atoms with Crippen molar-refractivity contribution in [2.75, 3.05) is 13.1 Å². The third-order valence-corrected chi connectivity index (χ3v) is 7.60. The van der Waals surface area contributed by atoms with Gasteiger partial charge in [-0.2, -0.15) is 5.26 Å². The first-order chi connectivity index (χ1) is 14.5. The Morgan fingerprint density at radius 1 is 1.17 bits per heavy atom. The maximum Gasteiger partial charge on any atom is 0.237 e. The lowest BCUT2D eigenvalue weighted by molar-refractivity contribution is -0.130. The van der Waals surface area contributed by atoms with Gasteiger partial charge in [0.15, 0.2) is 0 Å². The van der Waals surface area contributed by atoms with Crippen molar-refractivity contribution < 1.29 is 4.79 Å². The highest BCUT2D eigenvalue weighted by Gasteiger charge is 2.29. The van der Waals surface area contributed by atoms with Crippen LogP contribution in [0, 0.1) is 23.2 Å². The highest BCUT2D eigenvalue weighted by Crippen LogP contribution is 2.37. The number of rotatable bonds is 5. The van der Waals surface area contributed by atoms with E-state index in [9.17, 15) is 10.1 Å². The van der Waals surface area contributed by atoms with E-state index in [-0.39, 0.29) is 18.0 Å². The van der Waals surface area contributed by atoms with Gasteiger partial charge in [-0.3, -0.25) is 4.79 Å². The first kappa shape index (κ1) is 21.4. The fourth-order valence-corrected chi connectivity index (χ4v) is 5.87. The van der Waals surface area contributed by atoms with Crippen molar-refractivity contribution in [3.05, 3.63) is 33.9 Å². The molecule has 4 atom stereocenters. The van der Waals surface area contributed by atoms with Gasteiger partial charge < -0.3 is 10.2 Å². The minimum atomic E-state index is -0.230. The molecule has 0 aromatic heterocycles. The summed E-state index contributed by atoms with van der Waals surface area (Å²) in [5.41, 5.74) is 8.00. The average Bonchev–Trinajstić information content (AvgIpc) is 3.20. The third-order valence-electron chi connectivity index (χ3n) is 7.60. The molecule has 3 aliphatic rings. The lowest BCUT2D eigenvalue weighted by Gasteiger charge is -2.32. The van der Waals surface area contributed by atoms with Crippen LogP contribution in [0.2, 0.25) is 0 Å². The van der Waals surface area contributed by atoms with E-state index < -0.39 is 0 Å². The Labute approximate surface area is 182 Å². The fourth-order valence-electron chi connectivity index (χ4n) is 5.87. The van der Waals surface area contributed by atoms with E-state index in [0.717, 1.165) is 37.6 Å². The van der Waals surface area contributed by atoms with Gasteiger partial charge in [0, 0.05) is 12.6 Å². The maximum absolute atomic E-state index is 12.6. The summed E-state index contributed by atoms with van der Waals surface area (Å²) in [5, 5.41) is 12.7. The Morgan fingerprint density at radius 3 is 2.40 bits per heavy atom. The Balaban J connectivity index is 1.48. The Morgan fingerprint density at radius 2 is 1.80 bits per heavy atom. The smallest absolute Gasteiger partial charge is 0.237 e. The summed E-state index contributed by atoms with van der Waals surface area (Å²) < 4.78 is 0. The summed E-state index contributed by atoms with van der Waals surface area (Å²) in [5.74, 6) is 1.64. The zero-order valence-corrected chi connectivity index (χ0v) is 19.0. The van der Waals surface area contributed by atoms with Gasteiger partial charge >= 0.3 is 0 Å². The SMILES string of the molecule is CC1CCc2c(cc3c(c2CC(C)NCC(=O)N2CCC[C@H]2C#N)CCC(C)C3)C1. The maximum atomic E-state index is 12.6. The Hall–Kier alpha value is -1.86. The molecular weight excluding hydrogens is 370 g/mol. The van der Waals surface area contributed by atoms with Gasteiger partial charge in [-0.25, -0.2) is 0 Å². The van der Waals surface area contributed by atoms with Crippen molar-refractivity contribution in [2.45, 2.75) is 90.6 Å². The average molecular weight is 408 g/mol. The second-order valence-corrected chi connectivity index (χ2v) is 10.2. The molecule has 1 aromatic rings. The minimum absolute atomic E-state index is 0.0747. The number of nitrogens with one attached hydrogen (secondary N) is 1. The highest BCUT2D eigenvalue weighted by atomic mass is 16.2. The van der Waals surface area contributed by atoms with Crippen LogP contribution in [0.4, 0.5) is 0 Å². The molecule has 1 N–H and O–H groups in total. The van der Waals surface area contributed by atoms with E-state index in [0.29, 0.717) is 6.54 Å². The van der Waals surface area contributed by atoms with Crippen molar-refractivity contribution in [3.8, 4) is 6.07 Å². The predicted octanol–water partition coefficient (Wildman–Crippen LogP) is 3.97. The molecule has 0 saturated carbocycles. The topological polar surface area (TPSA) is 56.1 Å². The van der Waals surface area contributed by atoms with E-state index in [2.05, 4.69) is 38.2 Å². The minimum Gasteiger partial charge on any atom is -0.326 e. The van der Waals surface area contributed by atoms with Crippen LogP contribution in [0.5, 0.6) is 0 Å². The number of fused-ring (bicyclic) bond motifs is 2. The number of amides is 1. The van der Waals surface area contributed by atoms with Crippen molar-refractivity contribution in [3.63, 3.8) is 0 Å². The first-order valence-corrected chi connectivity index (χ1v) is 12.0. The predicted molar refractivity (Wildman–Crippen MR) is 120 cm³/mol. The van der Waals surface area contributed by atoms with Crippen LogP contribution in [0.25, 0.3) is 0 Å². The van der Waals surface area contributed by atoms with Crippen molar-refractivity contribution in [1.82, 2.24) is 10.2 Å². The number of nitriles is 1. The molecular formula is C26H37N3O. The molecule has 1 aliphatic heterocycles. The van der Waals surface area contributed by atoms with Crippen LogP contribution in [-0.2, 0) is 36.9 Å². The van der Waals surface area contributed by atoms with Gasteiger partial charge in [-0.15, -0.1) is 0 Å². The molecule has 3 unspecified atom stereocenters. The standard InChI is InChI=1S/C26H37N3O/c1-17-6-8-23-20(11-17)14-21-12-18(2)7-9-24(21)25(23)13-19(3)28-16-26(30)29-10-4-5-22(29)15-27/h14,17-19,22,28H,4-13,16H2,1-3H3/t17?,18?,19?,22-/m0/s1. The molecule has 4 nitrogen and oxygen atoms in total. The molecule has 1 fully saturated rings. The molecule has 162 valence electrons. The van der Waals surface area contributed by atoms with Crippen LogP contribution < -0.4 is 5.32 Å². The summed E-state index contributed by atoms with van der Waals surface area (Å²) in [4.78, 5) is 14.4. The van der Waals surface area contributed by atoms with Crippen molar-refractivity contribution in [1.29, 1.82) is 5.26 Å². The normalized spacial score (nSPS) is 26.6. The zero-order valence-electron chi connectivity index (χ0n) is 19.0. The van der Waals surface area contributed by atoms with Crippen LogP contribution in [0.3, 0.4) is 0 Å². The van der Waals surface area contributed by atoms with Crippen molar-refractivity contribution >= 4 is 5.91 Å². The molecule has 1 heterocycles. The molecule has 0 bridgehead atoms. The van der Waals surface area contributed by atoms with Crippen LogP contribution in [0.1, 0.15) is 74.3 Å². The number of carbonyl (C=O) groups excluding carboxylic acids is 1. The van der Waals surface area contributed by atoms with Crippen LogP contribution in [0.15, 0.2) is 6.07 Å². The molecule has 2 aliphatic carbocycles. The number of likely N-dealkylation sites (tertiary alicyclic amines) is 1.